The smallest absolute Gasteiger partial charge is 0.230 e. The first-order valence-corrected chi connectivity index (χ1v) is 7.49. The maximum absolute atomic E-state index is 11.9. The van der Waals surface area contributed by atoms with Crippen LogP contribution < -0.4 is 26.9 Å². The zero-order valence-electron chi connectivity index (χ0n) is 11.7. The van der Waals surface area contributed by atoms with Crippen LogP contribution in [0.2, 0.25) is 15.1 Å². The van der Waals surface area contributed by atoms with Crippen LogP contribution in [-0.4, -0.2) is 5.91 Å². The second kappa shape index (κ2) is 8.73. The molecule has 1 amide bonds. The zero-order chi connectivity index (χ0) is 15.4. The third kappa shape index (κ3) is 5.43. The predicted octanol–water partition coefficient (Wildman–Crippen LogP) is 1.28. The van der Waals surface area contributed by atoms with Gasteiger partial charge in [-0.3, -0.25) is 4.79 Å². The van der Waals surface area contributed by atoms with Crippen molar-refractivity contribution in [1.29, 1.82) is 0 Å². The SMILES string of the molecule is Cc1cc[n+](CCC(=O)Nc2cc(Cl)c(Cl)cc2Cl)cc1.[Br-]. The topological polar surface area (TPSA) is 33.0 Å². The molecule has 1 N–H and O–H groups in total. The Hall–Kier alpha value is -0.810. The lowest BCUT2D eigenvalue weighted by Crippen LogP contribution is -3.00. The molecule has 22 heavy (non-hydrogen) atoms. The summed E-state index contributed by atoms with van der Waals surface area (Å²) in [4.78, 5) is 11.9. The second-order valence-electron chi connectivity index (χ2n) is 4.66. The second-order valence-corrected chi connectivity index (χ2v) is 5.88. The van der Waals surface area contributed by atoms with Crippen LogP contribution in [0.1, 0.15) is 12.0 Å². The molecule has 0 saturated heterocycles. The van der Waals surface area contributed by atoms with Crippen molar-refractivity contribution in [2.75, 3.05) is 5.32 Å². The van der Waals surface area contributed by atoms with Gasteiger partial charge in [0.25, 0.3) is 0 Å². The molecule has 118 valence electrons. The Morgan fingerprint density at radius 2 is 1.68 bits per heavy atom. The molecule has 0 atom stereocenters. The summed E-state index contributed by atoms with van der Waals surface area (Å²) in [5, 5.41) is 3.80. The first kappa shape index (κ1) is 19.2. The average molecular weight is 425 g/mol. The highest BCUT2D eigenvalue weighted by Gasteiger charge is 2.11. The standard InChI is InChI=1S/C15H13Cl3N2O.BrH/c1-10-2-5-20(6-3-10)7-4-15(21)19-14-9-12(17)11(16)8-13(14)18;/h2-3,5-6,8-9H,4,7H2,1H3;1H. The number of aryl methyl sites for hydroxylation is 2. The number of rotatable bonds is 4. The molecule has 0 fully saturated rings. The Kier molecular flexibility index (Phi) is 7.63. The van der Waals surface area contributed by atoms with Gasteiger partial charge in [-0.05, 0) is 24.6 Å². The van der Waals surface area contributed by atoms with Gasteiger partial charge in [-0.25, -0.2) is 4.57 Å². The van der Waals surface area contributed by atoms with Gasteiger partial charge in [0.2, 0.25) is 5.91 Å². The summed E-state index contributed by atoms with van der Waals surface area (Å²) >= 11 is 17.8. The van der Waals surface area contributed by atoms with Gasteiger partial charge >= 0.3 is 0 Å². The fourth-order valence-electron chi connectivity index (χ4n) is 1.74. The first-order valence-electron chi connectivity index (χ1n) is 6.36. The molecule has 0 spiro atoms. The summed E-state index contributed by atoms with van der Waals surface area (Å²) < 4.78 is 1.95. The van der Waals surface area contributed by atoms with Crippen molar-refractivity contribution in [2.24, 2.45) is 0 Å². The minimum Gasteiger partial charge on any atom is -1.00 e. The number of amides is 1. The van der Waals surface area contributed by atoms with Crippen molar-refractivity contribution in [1.82, 2.24) is 0 Å². The van der Waals surface area contributed by atoms with E-state index in [2.05, 4.69) is 5.32 Å². The number of aromatic nitrogens is 1. The van der Waals surface area contributed by atoms with E-state index in [-0.39, 0.29) is 22.9 Å². The minimum atomic E-state index is -0.136. The third-order valence-electron chi connectivity index (χ3n) is 2.94. The van der Waals surface area contributed by atoms with Crippen LogP contribution >= 0.6 is 34.8 Å². The molecule has 0 aliphatic heterocycles. The maximum atomic E-state index is 11.9. The molecular weight excluding hydrogens is 410 g/mol. The van der Waals surface area contributed by atoms with Gasteiger partial charge in [0.15, 0.2) is 18.9 Å². The van der Waals surface area contributed by atoms with Crippen LogP contribution in [0.5, 0.6) is 0 Å². The maximum Gasteiger partial charge on any atom is 0.230 e. The van der Waals surface area contributed by atoms with Gasteiger partial charge in [0, 0.05) is 12.1 Å². The number of carbonyl (C=O) groups excluding carboxylic acids is 1. The number of hydrogen-bond acceptors (Lipinski definition) is 1. The molecule has 3 nitrogen and oxygen atoms in total. The monoisotopic (exact) mass is 422 g/mol. The lowest BCUT2D eigenvalue weighted by Gasteiger charge is -2.08. The van der Waals surface area contributed by atoms with Crippen molar-refractivity contribution in [3.8, 4) is 0 Å². The number of nitrogens with zero attached hydrogens (tertiary/aromatic N) is 1. The summed E-state index contributed by atoms with van der Waals surface area (Å²) in [7, 11) is 0. The molecule has 0 saturated carbocycles. The zero-order valence-corrected chi connectivity index (χ0v) is 15.6. The number of hydrogen-bond donors (Lipinski definition) is 1. The fraction of sp³-hybridized carbons (Fsp3) is 0.200. The molecule has 2 aromatic rings. The molecule has 0 aliphatic carbocycles. The molecule has 0 bridgehead atoms. The fourth-order valence-corrected chi connectivity index (χ4v) is 2.34. The summed E-state index contributed by atoms with van der Waals surface area (Å²) in [5.41, 5.74) is 1.64. The quantitative estimate of drug-likeness (QED) is 0.582. The van der Waals surface area contributed by atoms with E-state index in [1.54, 1.807) is 6.07 Å². The molecule has 1 heterocycles. The van der Waals surface area contributed by atoms with Gasteiger partial charge in [-0.15, -0.1) is 0 Å². The molecule has 2 rings (SSSR count). The Balaban J connectivity index is 0.00000242. The lowest BCUT2D eigenvalue weighted by atomic mass is 10.3. The van der Waals surface area contributed by atoms with E-state index in [9.17, 15) is 4.79 Å². The predicted molar refractivity (Wildman–Crippen MR) is 86.1 cm³/mol. The first-order chi connectivity index (χ1) is 9.95. The van der Waals surface area contributed by atoms with Crippen molar-refractivity contribution in [3.63, 3.8) is 0 Å². The third-order valence-corrected chi connectivity index (χ3v) is 3.97. The number of anilines is 1. The van der Waals surface area contributed by atoms with Gasteiger partial charge in [0.1, 0.15) is 0 Å². The van der Waals surface area contributed by atoms with Crippen LogP contribution in [-0.2, 0) is 11.3 Å². The van der Waals surface area contributed by atoms with E-state index < -0.39 is 0 Å². The molecule has 7 heteroatoms. The Labute approximate surface area is 155 Å². The Morgan fingerprint density at radius 3 is 2.32 bits per heavy atom. The Bertz CT molecular complexity index is 663. The molecule has 1 aromatic carbocycles. The van der Waals surface area contributed by atoms with Crippen LogP contribution in [0.4, 0.5) is 5.69 Å². The number of benzene rings is 1. The number of halogens is 4. The van der Waals surface area contributed by atoms with Crippen LogP contribution in [0.25, 0.3) is 0 Å². The van der Waals surface area contributed by atoms with E-state index in [1.807, 2.05) is 36.0 Å². The van der Waals surface area contributed by atoms with Crippen molar-refractivity contribution < 1.29 is 26.3 Å². The number of pyridine rings is 1. The van der Waals surface area contributed by atoms with Crippen molar-refractivity contribution in [3.05, 3.63) is 57.3 Å². The highest BCUT2D eigenvalue weighted by molar-refractivity contribution is 6.44. The van der Waals surface area contributed by atoms with Crippen LogP contribution in [0.3, 0.4) is 0 Å². The van der Waals surface area contributed by atoms with E-state index in [1.165, 1.54) is 11.6 Å². The molecule has 0 aliphatic rings. The normalized spacial score (nSPS) is 10.0. The van der Waals surface area contributed by atoms with E-state index in [0.717, 1.165) is 0 Å². The van der Waals surface area contributed by atoms with Crippen molar-refractivity contribution in [2.45, 2.75) is 19.9 Å². The van der Waals surface area contributed by atoms with Gasteiger partial charge in [0.05, 0.1) is 27.2 Å². The summed E-state index contributed by atoms with van der Waals surface area (Å²) in [5.74, 6) is -0.136. The van der Waals surface area contributed by atoms with E-state index in [4.69, 9.17) is 34.8 Å². The molecule has 0 radical (unpaired) electrons. The van der Waals surface area contributed by atoms with Crippen LogP contribution in [0, 0.1) is 6.92 Å². The molecule has 0 unspecified atom stereocenters. The van der Waals surface area contributed by atoms with Gasteiger partial charge < -0.3 is 22.3 Å². The van der Waals surface area contributed by atoms with Crippen molar-refractivity contribution >= 4 is 46.4 Å². The Morgan fingerprint density at radius 1 is 1.09 bits per heavy atom. The number of carbonyl (C=O) groups is 1. The van der Waals surface area contributed by atoms with Crippen LogP contribution in [0.15, 0.2) is 36.7 Å². The summed E-state index contributed by atoms with van der Waals surface area (Å²) in [6.07, 6.45) is 4.22. The molecular formula is C15H14BrCl3N2O. The largest absolute Gasteiger partial charge is 1.00 e. The average Bonchev–Trinajstić information content (AvgIpc) is 2.44. The highest BCUT2D eigenvalue weighted by Crippen LogP contribution is 2.32. The minimum absolute atomic E-state index is 0. The summed E-state index contributed by atoms with van der Waals surface area (Å²) in [6, 6.07) is 7.04. The van der Waals surface area contributed by atoms with E-state index in [0.29, 0.717) is 33.7 Å². The van der Waals surface area contributed by atoms with E-state index >= 15 is 0 Å². The van der Waals surface area contributed by atoms with Gasteiger partial charge in [-0.2, -0.15) is 0 Å². The van der Waals surface area contributed by atoms with Gasteiger partial charge in [-0.1, -0.05) is 34.8 Å². The summed E-state index contributed by atoms with van der Waals surface area (Å²) in [6.45, 7) is 2.61. The lowest BCUT2D eigenvalue weighted by molar-refractivity contribution is -0.695. The number of nitrogens with one attached hydrogen (secondary N) is 1. The molecule has 1 aromatic heterocycles. The highest BCUT2D eigenvalue weighted by atomic mass is 79.9.